The van der Waals surface area contributed by atoms with Crippen LogP contribution in [0.4, 0.5) is 10.5 Å². The molecule has 0 heterocycles. The Morgan fingerprint density at radius 3 is 2.16 bits per heavy atom. The van der Waals surface area contributed by atoms with Crippen LogP contribution >= 0.6 is 24.2 Å². The Hall–Kier alpha value is -2.96. The first-order valence-electron chi connectivity index (χ1n) is 9.75. The average molecular weight is 455 g/mol. The van der Waals surface area contributed by atoms with E-state index in [-0.39, 0.29) is 11.9 Å². The lowest BCUT2D eigenvalue weighted by atomic mass is 10.1. The Bertz CT molecular complexity index is 1060. The molecule has 0 saturated heterocycles. The van der Waals surface area contributed by atoms with Gasteiger partial charge in [0.05, 0.1) is 11.7 Å². The van der Waals surface area contributed by atoms with E-state index in [1.165, 1.54) is 0 Å². The van der Waals surface area contributed by atoms with Gasteiger partial charge in [-0.05, 0) is 61.4 Å². The number of hydrogen-bond donors (Lipinski definition) is 3. The van der Waals surface area contributed by atoms with Crippen molar-refractivity contribution in [3.63, 3.8) is 0 Å². The zero-order chi connectivity index (χ0) is 22.4. The Kier molecular flexibility index (Phi) is 7.60. The molecule has 3 aromatic carbocycles. The third-order valence-electron chi connectivity index (χ3n) is 4.78. The van der Waals surface area contributed by atoms with Crippen LogP contribution in [0, 0.1) is 0 Å². The van der Waals surface area contributed by atoms with Crippen molar-refractivity contribution in [2.45, 2.75) is 30.9 Å². The molecule has 0 aromatic heterocycles. The Morgan fingerprint density at radius 2 is 1.52 bits per heavy atom. The number of hydrogen-bond acceptors (Lipinski definition) is 4. The number of carbonyl (C=O) groups is 2. The fraction of sp³-hybridized carbons (Fsp3) is 0.167. The fourth-order valence-corrected chi connectivity index (χ4v) is 3.30. The van der Waals surface area contributed by atoms with Gasteiger partial charge in [-0.1, -0.05) is 48.0 Å². The van der Waals surface area contributed by atoms with E-state index in [1.807, 2.05) is 31.2 Å². The number of ether oxygens (including phenoxy) is 1. The highest BCUT2D eigenvalue weighted by atomic mass is 35.5. The van der Waals surface area contributed by atoms with Gasteiger partial charge in [-0.2, -0.15) is 0 Å². The van der Waals surface area contributed by atoms with Crippen molar-refractivity contribution >= 4 is 41.9 Å². The number of thiol groups is 1. The fourth-order valence-electron chi connectivity index (χ4n) is 2.95. The number of rotatable bonds is 6. The van der Waals surface area contributed by atoms with Gasteiger partial charge < -0.3 is 15.4 Å². The van der Waals surface area contributed by atoms with E-state index in [2.05, 4.69) is 23.3 Å². The predicted molar refractivity (Wildman–Crippen MR) is 126 cm³/mol. The first-order valence-corrected chi connectivity index (χ1v) is 10.6. The minimum absolute atomic E-state index is 0.224. The SMILES string of the molecule is C[C@H](NC(=O)O[C@H](C)c1ccc(C(=O)Nc2ccccc2S)cc1)c1ccc(Cl)cc1. The minimum atomic E-state index is -0.526. The van der Waals surface area contributed by atoms with E-state index >= 15 is 0 Å². The van der Waals surface area contributed by atoms with E-state index in [0.29, 0.717) is 21.2 Å². The number of anilines is 1. The van der Waals surface area contributed by atoms with Gasteiger partial charge >= 0.3 is 6.09 Å². The number of alkyl carbamates (subject to hydrolysis) is 1. The second kappa shape index (κ2) is 10.4. The summed E-state index contributed by atoms with van der Waals surface area (Å²) in [5, 5.41) is 6.27. The van der Waals surface area contributed by atoms with Crippen molar-refractivity contribution in [3.8, 4) is 0 Å². The van der Waals surface area contributed by atoms with E-state index in [4.69, 9.17) is 16.3 Å². The topological polar surface area (TPSA) is 67.4 Å². The number of carbonyl (C=O) groups excluding carboxylic acids is 2. The molecule has 0 spiro atoms. The standard InChI is InChI=1S/C24H23ClN2O3S/c1-15(17-11-13-20(25)14-12-17)26-24(29)30-16(2)18-7-9-19(10-8-18)23(28)27-21-5-3-4-6-22(21)31/h3-16,31H,1-2H3,(H,26,29)(H,27,28)/t15-,16+/m0/s1. The van der Waals surface area contributed by atoms with Crippen LogP contribution in [0.3, 0.4) is 0 Å². The average Bonchev–Trinajstić information content (AvgIpc) is 2.75. The van der Waals surface area contributed by atoms with Crippen LogP contribution < -0.4 is 10.6 Å². The van der Waals surface area contributed by atoms with E-state index in [9.17, 15) is 9.59 Å². The molecule has 2 atom stereocenters. The van der Waals surface area contributed by atoms with Gasteiger partial charge in [0.2, 0.25) is 0 Å². The van der Waals surface area contributed by atoms with Crippen LogP contribution in [0.2, 0.25) is 5.02 Å². The molecule has 5 nitrogen and oxygen atoms in total. The van der Waals surface area contributed by atoms with Crippen LogP contribution in [-0.4, -0.2) is 12.0 Å². The summed E-state index contributed by atoms with van der Waals surface area (Å²) in [6.45, 7) is 3.64. The van der Waals surface area contributed by atoms with E-state index < -0.39 is 12.2 Å². The molecule has 0 aliphatic carbocycles. The molecule has 7 heteroatoms. The molecule has 0 saturated carbocycles. The van der Waals surface area contributed by atoms with Gasteiger partial charge in [-0.15, -0.1) is 12.6 Å². The van der Waals surface area contributed by atoms with Crippen LogP contribution in [0.1, 0.15) is 47.5 Å². The zero-order valence-electron chi connectivity index (χ0n) is 17.1. The number of amides is 2. The molecular formula is C24H23ClN2O3S. The van der Waals surface area contributed by atoms with Crippen molar-refractivity contribution in [2.75, 3.05) is 5.32 Å². The van der Waals surface area contributed by atoms with E-state index in [1.54, 1.807) is 55.5 Å². The third-order valence-corrected chi connectivity index (χ3v) is 5.42. The summed E-state index contributed by atoms with van der Waals surface area (Å²) in [5.74, 6) is -0.240. The maximum atomic E-state index is 12.5. The monoisotopic (exact) mass is 454 g/mol. The molecule has 160 valence electrons. The number of nitrogens with one attached hydrogen (secondary N) is 2. The second-order valence-electron chi connectivity index (χ2n) is 7.06. The molecular weight excluding hydrogens is 432 g/mol. The van der Waals surface area contributed by atoms with Crippen molar-refractivity contribution in [1.82, 2.24) is 5.32 Å². The molecule has 0 aliphatic heterocycles. The molecule has 0 aliphatic rings. The number of benzene rings is 3. The first-order chi connectivity index (χ1) is 14.8. The highest BCUT2D eigenvalue weighted by Gasteiger charge is 2.16. The summed E-state index contributed by atoms with van der Waals surface area (Å²) in [4.78, 5) is 25.4. The highest BCUT2D eigenvalue weighted by molar-refractivity contribution is 7.80. The summed E-state index contributed by atoms with van der Waals surface area (Å²) in [5.41, 5.74) is 2.84. The van der Waals surface area contributed by atoms with Crippen LogP contribution in [-0.2, 0) is 4.74 Å². The smallest absolute Gasteiger partial charge is 0.408 e. The van der Waals surface area contributed by atoms with E-state index in [0.717, 1.165) is 11.1 Å². The number of para-hydroxylation sites is 1. The van der Waals surface area contributed by atoms with Crippen LogP contribution in [0.25, 0.3) is 0 Å². The molecule has 0 bridgehead atoms. The van der Waals surface area contributed by atoms with Crippen LogP contribution in [0.15, 0.2) is 77.7 Å². The van der Waals surface area contributed by atoms with Gasteiger partial charge in [0, 0.05) is 15.5 Å². The molecule has 2 amide bonds. The van der Waals surface area contributed by atoms with Crippen molar-refractivity contribution in [2.24, 2.45) is 0 Å². The quantitative estimate of drug-likeness (QED) is 0.376. The lowest BCUT2D eigenvalue weighted by Crippen LogP contribution is -2.28. The zero-order valence-corrected chi connectivity index (χ0v) is 18.8. The molecule has 0 unspecified atom stereocenters. The van der Waals surface area contributed by atoms with Crippen LogP contribution in [0.5, 0.6) is 0 Å². The molecule has 0 fully saturated rings. The van der Waals surface area contributed by atoms with Gasteiger partial charge in [0.25, 0.3) is 5.91 Å². The normalized spacial score (nSPS) is 12.5. The Labute approximate surface area is 192 Å². The Morgan fingerprint density at radius 1 is 0.903 bits per heavy atom. The summed E-state index contributed by atoms with van der Waals surface area (Å²) in [6, 6.07) is 21.2. The minimum Gasteiger partial charge on any atom is -0.442 e. The Balaban J connectivity index is 1.56. The summed E-state index contributed by atoms with van der Waals surface area (Å²) >= 11 is 10.2. The molecule has 0 radical (unpaired) electrons. The largest absolute Gasteiger partial charge is 0.442 e. The lowest BCUT2D eigenvalue weighted by Gasteiger charge is -2.18. The second-order valence-corrected chi connectivity index (χ2v) is 7.98. The maximum Gasteiger partial charge on any atom is 0.408 e. The summed E-state index contributed by atoms with van der Waals surface area (Å²) in [6.07, 6.45) is -1.00. The first kappa shape index (κ1) is 22.7. The highest BCUT2D eigenvalue weighted by Crippen LogP contribution is 2.22. The summed E-state index contributed by atoms with van der Waals surface area (Å²) < 4.78 is 5.48. The maximum absolute atomic E-state index is 12.5. The van der Waals surface area contributed by atoms with Gasteiger partial charge in [-0.3, -0.25) is 4.79 Å². The third kappa shape index (κ3) is 6.26. The van der Waals surface area contributed by atoms with Crippen molar-refractivity contribution < 1.29 is 14.3 Å². The molecule has 31 heavy (non-hydrogen) atoms. The van der Waals surface area contributed by atoms with Gasteiger partial charge in [-0.25, -0.2) is 4.79 Å². The molecule has 2 N–H and O–H groups in total. The van der Waals surface area contributed by atoms with Gasteiger partial charge in [0.15, 0.2) is 0 Å². The molecule has 3 aromatic rings. The predicted octanol–water partition coefficient (Wildman–Crippen LogP) is 6.43. The van der Waals surface area contributed by atoms with Crippen molar-refractivity contribution in [3.05, 3.63) is 94.5 Å². The summed E-state index contributed by atoms with van der Waals surface area (Å²) in [7, 11) is 0. The number of halogens is 1. The molecule has 3 rings (SSSR count). The lowest BCUT2D eigenvalue weighted by molar-refractivity contribution is 0.101. The van der Waals surface area contributed by atoms with Gasteiger partial charge in [0.1, 0.15) is 6.10 Å². The van der Waals surface area contributed by atoms with Crippen molar-refractivity contribution in [1.29, 1.82) is 0 Å².